The minimum absolute atomic E-state index is 0.0978. The van der Waals surface area contributed by atoms with Crippen molar-refractivity contribution in [1.29, 1.82) is 0 Å². The minimum Gasteiger partial charge on any atom is -0.477 e. The van der Waals surface area contributed by atoms with Gasteiger partial charge in [-0.05, 0) is 12.0 Å². The first-order valence-corrected chi connectivity index (χ1v) is 4.86. The van der Waals surface area contributed by atoms with E-state index >= 15 is 0 Å². The highest BCUT2D eigenvalue weighted by Crippen LogP contribution is 2.26. The fourth-order valence-electron chi connectivity index (χ4n) is 0.977. The molecule has 0 aliphatic carbocycles. The van der Waals surface area contributed by atoms with Crippen molar-refractivity contribution in [3.8, 4) is 5.88 Å². The third kappa shape index (κ3) is 3.81. The topological polar surface area (TPSA) is 22.1 Å². The first kappa shape index (κ1) is 11.9. The third-order valence-corrected chi connectivity index (χ3v) is 1.81. The van der Waals surface area contributed by atoms with E-state index in [1.54, 1.807) is 0 Å². The van der Waals surface area contributed by atoms with Crippen LogP contribution in [0.4, 0.5) is 8.78 Å². The highest BCUT2D eigenvalue weighted by atomic mass is 19.3. The highest BCUT2D eigenvalue weighted by Gasteiger charge is 2.24. The number of alkyl halides is 2. The van der Waals surface area contributed by atoms with Crippen molar-refractivity contribution in [2.75, 3.05) is 6.61 Å². The molecule has 0 bridgehead atoms. The van der Waals surface area contributed by atoms with Gasteiger partial charge in [0.15, 0.2) is 0 Å². The van der Waals surface area contributed by atoms with E-state index in [1.807, 2.05) is 13.8 Å². The molecular weight excluding hydrogens is 200 g/mol. The highest BCUT2D eigenvalue weighted by molar-refractivity contribution is 5.21. The monoisotopic (exact) mass is 215 g/mol. The van der Waals surface area contributed by atoms with Gasteiger partial charge in [0, 0.05) is 24.8 Å². The molecule has 4 heteroatoms. The molecule has 0 unspecified atom stereocenters. The van der Waals surface area contributed by atoms with Crippen LogP contribution in [0.2, 0.25) is 0 Å². The Morgan fingerprint density at radius 2 is 2.07 bits per heavy atom. The van der Waals surface area contributed by atoms with Gasteiger partial charge in [-0.3, -0.25) is 0 Å². The fourth-order valence-corrected chi connectivity index (χ4v) is 0.977. The Morgan fingerprint density at radius 1 is 1.40 bits per heavy atom. The van der Waals surface area contributed by atoms with Crippen LogP contribution in [-0.4, -0.2) is 11.6 Å². The van der Waals surface area contributed by atoms with Crippen molar-refractivity contribution in [2.24, 2.45) is 5.92 Å². The van der Waals surface area contributed by atoms with Crippen LogP contribution >= 0.6 is 0 Å². The number of hydrogen-bond acceptors (Lipinski definition) is 2. The number of nitrogens with zero attached hydrogens (tertiary/aromatic N) is 1. The molecule has 1 heterocycles. The van der Waals surface area contributed by atoms with E-state index in [0.29, 0.717) is 18.4 Å². The second-order valence-corrected chi connectivity index (χ2v) is 3.98. The number of rotatable bonds is 4. The van der Waals surface area contributed by atoms with Crippen molar-refractivity contribution in [2.45, 2.75) is 26.7 Å². The summed E-state index contributed by atoms with van der Waals surface area (Å²) in [6.45, 7) is 5.40. The van der Waals surface area contributed by atoms with E-state index in [1.165, 1.54) is 12.1 Å². The predicted octanol–water partition coefficient (Wildman–Crippen LogP) is 3.23. The lowest BCUT2D eigenvalue weighted by molar-refractivity contribution is 0.0170. The van der Waals surface area contributed by atoms with E-state index in [9.17, 15) is 8.78 Å². The second-order valence-electron chi connectivity index (χ2n) is 3.98. The van der Waals surface area contributed by atoms with Crippen LogP contribution in [0.5, 0.6) is 5.88 Å². The Hall–Kier alpha value is -1.19. The van der Waals surface area contributed by atoms with Gasteiger partial charge < -0.3 is 4.74 Å². The van der Waals surface area contributed by atoms with Crippen LogP contribution in [0, 0.1) is 5.92 Å². The molecular formula is C11H15F2NO. The minimum atomic E-state index is -2.84. The first-order chi connectivity index (χ1) is 6.89. The molecule has 0 radical (unpaired) electrons. The Kier molecular flexibility index (Phi) is 3.61. The van der Waals surface area contributed by atoms with Gasteiger partial charge in [0.05, 0.1) is 6.61 Å². The van der Waals surface area contributed by atoms with Gasteiger partial charge in [0.2, 0.25) is 5.88 Å². The zero-order valence-corrected chi connectivity index (χ0v) is 9.13. The van der Waals surface area contributed by atoms with Crippen LogP contribution in [0.25, 0.3) is 0 Å². The molecule has 0 atom stereocenters. The quantitative estimate of drug-likeness (QED) is 0.769. The molecule has 0 saturated carbocycles. The van der Waals surface area contributed by atoms with Crippen molar-refractivity contribution in [3.63, 3.8) is 0 Å². The number of hydrogen-bond donors (Lipinski definition) is 0. The molecule has 0 aliphatic rings. The van der Waals surface area contributed by atoms with Crippen molar-refractivity contribution < 1.29 is 13.5 Å². The number of aromatic nitrogens is 1. The Bertz CT molecular complexity index is 303. The van der Waals surface area contributed by atoms with Crippen LogP contribution in [0.15, 0.2) is 18.3 Å². The smallest absolute Gasteiger partial charge is 0.272 e. The zero-order valence-electron chi connectivity index (χ0n) is 9.13. The van der Waals surface area contributed by atoms with Crippen LogP contribution in [-0.2, 0) is 5.92 Å². The molecule has 0 amide bonds. The standard InChI is InChI=1S/C11H15F2NO/c1-8(2)7-15-10-5-4-9(6-14-10)11(3,12)13/h4-6,8H,7H2,1-3H3. The molecule has 0 spiro atoms. The zero-order chi connectivity index (χ0) is 11.5. The molecule has 0 aromatic carbocycles. The van der Waals surface area contributed by atoms with Crippen molar-refractivity contribution in [3.05, 3.63) is 23.9 Å². The molecule has 1 aromatic heterocycles. The summed E-state index contributed by atoms with van der Waals surface area (Å²) in [4.78, 5) is 3.81. The maximum absolute atomic E-state index is 12.8. The van der Waals surface area contributed by atoms with Gasteiger partial charge in [-0.25, -0.2) is 13.8 Å². The van der Waals surface area contributed by atoms with Crippen LogP contribution in [0.3, 0.4) is 0 Å². The molecule has 0 fully saturated rings. The molecule has 0 aliphatic heterocycles. The Balaban J connectivity index is 2.65. The van der Waals surface area contributed by atoms with Crippen molar-refractivity contribution >= 4 is 0 Å². The van der Waals surface area contributed by atoms with Gasteiger partial charge >= 0.3 is 0 Å². The van der Waals surface area contributed by atoms with Gasteiger partial charge in [-0.15, -0.1) is 0 Å². The van der Waals surface area contributed by atoms with E-state index in [0.717, 1.165) is 13.1 Å². The normalized spacial score (nSPS) is 11.9. The van der Waals surface area contributed by atoms with Crippen LogP contribution in [0.1, 0.15) is 26.3 Å². The summed E-state index contributed by atoms with van der Waals surface area (Å²) < 4.78 is 30.9. The molecule has 1 aromatic rings. The first-order valence-electron chi connectivity index (χ1n) is 4.86. The molecule has 0 N–H and O–H groups in total. The fraction of sp³-hybridized carbons (Fsp3) is 0.545. The molecule has 84 valence electrons. The Morgan fingerprint density at radius 3 is 2.47 bits per heavy atom. The largest absolute Gasteiger partial charge is 0.477 e. The lowest BCUT2D eigenvalue weighted by atomic mass is 10.2. The lowest BCUT2D eigenvalue weighted by Crippen LogP contribution is -2.09. The average molecular weight is 215 g/mol. The summed E-state index contributed by atoms with van der Waals surface area (Å²) in [7, 11) is 0. The SMILES string of the molecule is CC(C)COc1ccc(C(C)(F)F)cn1. The van der Waals surface area contributed by atoms with E-state index in [2.05, 4.69) is 4.98 Å². The molecule has 2 nitrogen and oxygen atoms in total. The number of halogens is 2. The number of ether oxygens (including phenoxy) is 1. The van der Waals surface area contributed by atoms with E-state index < -0.39 is 5.92 Å². The number of pyridine rings is 1. The second kappa shape index (κ2) is 4.55. The summed E-state index contributed by atoms with van der Waals surface area (Å²) in [5.41, 5.74) is -0.0978. The average Bonchev–Trinajstić information content (AvgIpc) is 2.14. The van der Waals surface area contributed by atoms with E-state index in [4.69, 9.17) is 4.74 Å². The summed E-state index contributed by atoms with van der Waals surface area (Å²) in [5.74, 6) is -2.07. The maximum Gasteiger partial charge on any atom is 0.272 e. The van der Waals surface area contributed by atoms with Gasteiger partial charge in [-0.1, -0.05) is 13.8 Å². The van der Waals surface area contributed by atoms with Gasteiger partial charge in [0.25, 0.3) is 5.92 Å². The van der Waals surface area contributed by atoms with Gasteiger partial charge in [-0.2, -0.15) is 0 Å². The van der Waals surface area contributed by atoms with Gasteiger partial charge in [0.1, 0.15) is 0 Å². The summed E-state index contributed by atoms with van der Waals surface area (Å²) in [6, 6.07) is 2.80. The summed E-state index contributed by atoms with van der Waals surface area (Å²) >= 11 is 0. The predicted molar refractivity (Wildman–Crippen MR) is 54.1 cm³/mol. The lowest BCUT2D eigenvalue weighted by Gasteiger charge is -2.11. The summed E-state index contributed by atoms with van der Waals surface area (Å²) in [6.07, 6.45) is 1.15. The van der Waals surface area contributed by atoms with Crippen LogP contribution < -0.4 is 4.74 Å². The van der Waals surface area contributed by atoms with Crippen molar-refractivity contribution in [1.82, 2.24) is 4.98 Å². The third-order valence-electron chi connectivity index (χ3n) is 1.81. The molecule has 1 rings (SSSR count). The maximum atomic E-state index is 12.8. The summed E-state index contributed by atoms with van der Waals surface area (Å²) in [5, 5.41) is 0. The molecule has 15 heavy (non-hydrogen) atoms. The Labute approximate surface area is 88.3 Å². The van der Waals surface area contributed by atoms with E-state index in [-0.39, 0.29) is 5.56 Å². The molecule has 0 saturated heterocycles.